The van der Waals surface area contributed by atoms with Gasteiger partial charge in [-0.2, -0.15) is 13.2 Å². The van der Waals surface area contributed by atoms with E-state index >= 15 is 0 Å². The second-order valence-electron chi connectivity index (χ2n) is 11.2. The number of benzene rings is 2. The first-order valence-electron chi connectivity index (χ1n) is 14.8. The van der Waals surface area contributed by atoms with Crippen LogP contribution in [0, 0.1) is 0 Å². The van der Waals surface area contributed by atoms with Gasteiger partial charge in [-0.1, -0.05) is 48.0 Å². The molecule has 0 N–H and O–H groups in total. The van der Waals surface area contributed by atoms with Crippen molar-refractivity contribution in [3.8, 4) is 17.1 Å². The van der Waals surface area contributed by atoms with Crippen molar-refractivity contribution in [1.82, 2.24) is 14.9 Å². The lowest BCUT2D eigenvalue weighted by Gasteiger charge is -2.48. The normalized spacial score (nSPS) is 15.9. The average molecular weight is 651 g/mol. The minimum Gasteiger partial charge on any atom is -0.477 e. The van der Waals surface area contributed by atoms with Gasteiger partial charge in [0.05, 0.1) is 29.1 Å². The molecule has 12 heteroatoms. The van der Waals surface area contributed by atoms with E-state index in [9.17, 15) is 22.8 Å². The second-order valence-corrected chi connectivity index (χ2v) is 11.7. The Labute approximate surface area is 268 Å². The Morgan fingerprint density at radius 1 is 1.02 bits per heavy atom. The van der Waals surface area contributed by atoms with Crippen molar-refractivity contribution in [1.29, 1.82) is 0 Å². The molecule has 0 bridgehead atoms. The summed E-state index contributed by atoms with van der Waals surface area (Å²) >= 11 is 5.98. The molecule has 4 heterocycles. The Balaban J connectivity index is 1.37. The number of carbonyl (C=O) groups excluding carboxylic acids is 2. The molecule has 8 nitrogen and oxygen atoms in total. The van der Waals surface area contributed by atoms with Gasteiger partial charge in [0.1, 0.15) is 12.3 Å². The van der Waals surface area contributed by atoms with Crippen molar-refractivity contribution < 1.29 is 32.2 Å². The smallest absolute Gasteiger partial charge is 0.418 e. The molecule has 4 aromatic rings. The van der Waals surface area contributed by atoms with E-state index in [1.54, 1.807) is 29.3 Å². The molecule has 1 spiro atoms. The van der Waals surface area contributed by atoms with E-state index in [1.807, 2.05) is 43.3 Å². The summed E-state index contributed by atoms with van der Waals surface area (Å²) in [6.45, 7) is 2.81. The topological polar surface area (TPSA) is 84.9 Å². The third-order valence-corrected chi connectivity index (χ3v) is 8.68. The third-order valence-electron chi connectivity index (χ3n) is 8.44. The van der Waals surface area contributed by atoms with Crippen LogP contribution in [0.5, 0.6) is 5.88 Å². The zero-order chi connectivity index (χ0) is 32.5. The predicted molar refractivity (Wildman–Crippen MR) is 166 cm³/mol. The highest BCUT2D eigenvalue weighted by molar-refractivity contribution is 6.30. The Kier molecular flexibility index (Phi) is 8.61. The number of ether oxygens (including phenoxy) is 2. The van der Waals surface area contributed by atoms with Crippen molar-refractivity contribution in [2.45, 2.75) is 38.0 Å². The molecule has 1 fully saturated rings. The van der Waals surface area contributed by atoms with Crippen molar-refractivity contribution in [3.63, 3.8) is 0 Å². The number of carbonyl (C=O) groups is 2. The molecule has 0 saturated carbocycles. The van der Waals surface area contributed by atoms with Crippen LogP contribution in [-0.4, -0.2) is 53.1 Å². The predicted octanol–water partition coefficient (Wildman–Crippen LogP) is 7.55. The Morgan fingerprint density at radius 3 is 2.50 bits per heavy atom. The lowest BCUT2D eigenvalue weighted by atomic mass is 9.69. The molecule has 0 aliphatic carbocycles. The maximum Gasteiger partial charge on any atom is 0.418 e. The number of fused-ring (bicyclic) bond motifs is 2. The Morgan fingerprint density at radius 2 is 1.78 bits per heavy atom. The van der Waals surface area contributed by atoms with Crippen LogP contribution < -0.4 is 9.64 Å². The van der Waals surface area contributed by atoms with E-state index in [2.05, 4.69) is 4.98 Å². The number of hydrogen-bond acceptors (Lipinski definition) is 6. The fourth-order valence-corrected chi connectivity index (χ4v) is 6.32. The maximum absolute atomic E-state index is 14.3. The molecule has 2 aliphatic rings. The average Bonchev–Trinajstić information content (AvgIpc) is 3.06. The monoisotopic (exact) mass is 650 g/mol. The zero-order valence-electron chi connectivity index (χ0n) is 24.9. The first-order chi connectivity index (χ1) is 22.1. The minimum atomic E-state index is -4.77. The summed E-state index contributed by atoms with van der Waals surface area (Å²) < 4.78 is 54.1. The van der Waals surface area contributed by atoms with Gasteiger partial charge in [0.15, 0.2) is 0 Å². The van der Waals surface area contributed by atoms with Crippen LogP contribution in [0.4, 0.5) is 23.7 Å². The molecular formula is C34H30ClF3N4O4. The highest BCUT2D eigenvalue weighted by Gasteiger charge is 2.48. The number of aromatic nitrogens is 2. The van der Waals surface area contributed by atoms with Gasteiger partial charge in [0.2, 0.25) is 5.88 Å². The molecule has 46 heavy (non-hydrogen) atoms. The van der Waals surface area contributed by atoms with Crippen LogP contribution in [0.15, 0.2) is 79.0 Å². The lowest BCUT2D eigenvalue weighted by molar-refractivity contribution is -0.137. The van der Waals surface area contributed by atoms with Crippen LogP contribution >= 0.6 is 11.6 Å². The molecule has 0 radical (unpaired) electrons. The van der Waals surface area contributed by atoms with Crippen molar-refractivity contribution in [2.75, 3.05) is 31.1 Å². The molecule has 0 atom stereocenters. The molecule has 1 saturated heterocycles. The van der Waals surface area contributed by atoms with Crippen LogP contribution in [0.3, 0.4) is 0 Å². The molecule has 2 aromatic heterocycles. The van der Waals surface area contributed by atoms with E-state index in [0.717, 1.165) is 16.5 Å². The van der Waals surface area contributed by atoms with Gasteiger partial charge in [0.25, 0.3) is 5.91 Å². The SMILES string of the molecule is CCOc1ncccc1-c1ccc2c(n1)C(=O)N(c1ccc(Cl)cc1C(F)(F)F)CC21CCN(C(=O)OCc2ccccc2)CC1. The largest absolute Gasteiger partial charge is 0.477 e. The molecule has 2 amide bonds. The van der Waals surface area contributed by atoms with Crippen LogP contribution in [0.2, 0.25) is 5.02 Å². The summed E-state index contributed by atoms with van der Waals surface area (Å²) in [6, 6.07) is 19.7. The standard InChI is InChI=1S/C34H30ClF3N4O4/c1-2-45-30-24(9-6-16-39-30)27-12-11-25-29(40-27)31(43)42(28-13-10-23(35)19-26(28)34(36,37)38)21-33(25)14-17-41(18-15-33)32(44)46-20-22-7-4-3-5-8-22/h3-13,16,19H,2,14-15,17-18,20-21H2,1H3. The number of nitrogens with zero attached hydrogens (tertiary/aromatic N) is 4. The number of piperidine rings is 1. The first kappa shape index (κ1) is 31.3. The number of alkyl halides is 3. The van der Waals surface area contributed by atoms with Gasteiger partial charge < -0.3 is 19.3 Å². The van der Waals surface area contributed by atoms with Crippen LogP contribution in [-0.2, 0) is 22.9 Å². The number of likely N-dealkylation sites (tertiary alicyclic amines) is 1. The van der Waals surface area contributed by atoms with Crippen molar-refractivity contribution >= 4 is 29.3 Å². The van der Waals surface area contributed by atoms with Gasteiger partial charge in [-0.15, -0.1) is 0 Å². The number of halogens is 4. The van der Waals surface area contributed by atoms with Crippen LogP contribution in [0.1, 0.15) is 46.9 Å². The zero-order valence-corrected chi connectivity index (χ0v) is 25.6. The number of rotatable bonds is 6. The van der Waals surface area contributed by atoms with Gasteiger partial charge in [0, 0.05) is 36.3 Å². The van der Waals surface area contributed by atoms with Gasteiger partial charge >= 0.3 is 12.3 Å². The van der Waals surface area contributed by atoms with E-state index in [4.69, 9.17) is 26.1 Å². The van der Waals surface area contributed by atoms with Gasteiger partial charge in [-0.25, -0.2) is 14.8 Å². The summed E-state index contributed by atoms with van der Waals surface area (Å²) in [5.74, 6) is -0.339. The van der Waals surface area contributed by atoms with E-state index < -0.39 is 29.2 Å². The number of anilines is 1. The summed E-state index contributed by atoms with van der Waals surface area (Å²) in [5, 5.41) is -0.0987. The lowest BCUT2D eigenvalue weighted by Crippen LogP contribution is -2.55. The molecule has 2 aromatic carbocycles. The summed E-state index contributed by atoms with van der Waals surface area (Å²) in [6.07, 6.45) is -2.92. The quantitative estimate of drug-likeness (QED) is 0.214. The van der Waals surface area contributed by atoms with Crippen molar-refractivity contribution in [2.24, 2.45) is 0 Å². The molecule has 238 valence electrons. The minimum absolute atomic E-state index is 0.0332. The number of pyridine rings is 2. The first-order valence-corrected chi connectivity index (χ1v) is 15.2. The fraction of sp³-hybridized carbons (Fsp3) is 0.294. The van der Waals surface area contributed by atoms with Crippen LogP contribution in [0.25, 0.3) is 11.3 Å². The molecular weight excluding hydrogens is 621 g/mol. The molecule has 0 unspecified atom stereocenters. The Hall–Kier alpha value is -4.64. The summed E-state index contributed by atoms with van der Waals surface area (Å²) in [7, 11) is 0. The number of amides is 2. The highest BCUT2D eigenvalue weighted by Crippen LogP contribution is 2.46. The van der Waals surface area contributed by atoms with E-state index in [-0.39, 0.29) is 42.6 Å². The van der Waals surface area contributed by atoms with Crippen molar-refractivity contribution in [3.05, 3.63) is 106 Å². The summed E-state index contributed by atoms with van der Waals surface area (Å²) in [4.78, 5) is 38.9. The van der Waals surface area contributed by atoms with Gasteiger partial charge in [-0.3, -0.25) is 4.79 Å². The molecule has 2 aliphatic heterocycles. The maximum atomic E-state index is 14.3. The Bertz CT molecular complexity index is 1760. The second kappa shape index (κ2) is 12.6. The third kappa shape index (κ3) is 6.11. The summed E-state index contributed by atoms with van der Waals surface area (Å²) in [5.41, 5.74) is 0.351. The van der Waals surface area contributed by atoms with E-state index in [1.165, 1.54) is 12.1 Å². The number of hydrogen-bond donors (Lipinski definition) is 0. The van der Waals surface area contributed by atoms with E-state index in [0.29, 0.717) is 42.1 Å². The highest BCUT2D eigenvalue weighted by atomic mass is 35.5. The molecule has 6 rings (SSSR count). The van der Waals surface area contributed by atoms with Gasteiger partial charge in [-0.05, 0) is 67.3 Å². The fourth-order valence-electron chi connectivity index (χ4n) is 6.15.